The Bertz CT molecular complexity index is 598. The van der Waals surface area contributed by atoms with Crippen LogP contribution in [0.4, 0.5) is 8.78 Å². The number of halogens is 2. The summed E-state index contributed by atoms with van der Waals surface area (Å²) in [6, 6.07) is 2.02. The lowest BCUT2D eigenvalue weighted by atomic mass is 9.98. The molecule has 2 atom stereocenters. The fourth-order valence-corrected chi connectivity index (χ4v) is 3.40. The molecule has 2 N–H and O–H groups in total. The number of methoxy groups -OCH3 is 1. The number of aliphatic hydroxyl groups excluding tert-OH is 1. The minimum absolute atomic E-state index is 0.117. The molecule has 1 heterocycles. The van der Waals surface area contributed by atoms with E-state index in [1.54, 1.807) is 0 Å². The maximum atomic E-state index is 14.3. The van der Waals surface area contributed by atoms with Gasteiger partial charge in [0.1, 0.15) is 11.4 Å². The summed E-state index contributed by atoms with van der Waals surface area (Å²) >= 11 is 0. The predicted octanol–water partition coefficient (Wildman–Crippen LogP) is 2.19. The maximum absolute atomic E-state index is 14.3. The van der Waals surface area contributed by atoms with Gasteiger partial charge in [-0.25, -0.2) is 8.78 Å². The molecule has 2 rings (SSSR count). The van der Waals surface area contributed by atoms with E-state index < -0.39 is 23.1 Å². The Morgan fingerprint density at radius 2 is 2.16 bits per heavy atom. The molecule has 1 fully saturated rings. The summed E-state index contributed by atoms with van der Waals surface area (Å²) in [6.07, 6.45) is 2.55. The van der Waals surface area contributed by atoms with E-state index in [1.807, 2.05) is 0 Å². The van der Waals surface area contributed by atoms with Gasteiger partial charge >= 0.3 is 0 Å². The Labute approximate surface area is 147 Å². The highest BCUT2D eigenvalue weighted by Crippen LogP contribution is 2.25. The molecule has 5 nitrogen and oxygen atoms in total. The van der Waals surface area contributed by atoms with Crippen LogP contribution in [0, 0.1) is 17.6 Å². The number of ether oxygens (including phenoxy) is 1. The van der Waals surface area contributed by atoms with Crippen molar-refractivity contribution in [1.82, 2.24) is 10.2 Å². The highest BCUT2D eigenvalue weighted by molar-refractivity contribution is 5.95. The molecule has 0 radical (unpaired) electrons. The van der Waals surface area contributed by atoms with Crippen molar-refractivity contribution in [3.8, 4) is 5.75 Å². The van der Waals surface area contributed by atoms with Crippen LogP contribution in [0.25, 0.3) is 0 Å². The number of rotatable bonds is 8. The van der Waals surface area contributed by atoms with Gasteiger partial charge in [0.05, 0.1) is 7.11 Å². The van der Waals surface area contributed by atoms with E-state index >= 15 is 0 Å². The number of nitrogens with zero attached hydrogens (tertiary/aromatic N) is 1. The summed E-state index contributed by atoms with van der Waals surface area (Å²) in [6.45, 7) is 4.35. The Balaban J connectivity index is 2.13. The number of benzene rings is 1. The van der Waals surface area contributed by atoms with Crippen molar-refractivity contribution >= 4 is 5.91 Å². The highest BCUT2D eigenvalue weighted by atomic mass is 19.1. The van der Waals surface area contributed by atoms with Crippen LogP contribution < -0.4 is 10.1 Å². The average molecular weight is 356 g/mol. The first kappa shape index (κ1) is 19.6. The summed E-state index contributed by atoms with van der Waals surface area (Å²) in [5, 5.41) is 11.8. The van der Waals surface area contributed by atoms with Gasteiger partial charge in [-0.2, -0.15) is 0 Å². The van der Waals surface area contributed by atoms with Crippen LogP contribution >= 0.6 is 0 Å². The van der Waals surface area contributed by atoms with Gasteiger partial charge in [-0.3, -0.25) is 4.79 Å². The molecule has 1 aromatic rings. The van der Waals surface area contributed by atoms with Gasteiger partial charge in [-0.1, -0.05) is 13.3 Å². The van der Waals surface area contributed by atoms with E-state index in [0.717, 1.165) is 38.1 Å². The number of aliphatic hydroxyl groups is 1. The van der Waals surface area contributed by atoms with Crippen molar-refractivity contribution in [2.45, 2.75) is 32.2 Å². The van der Waals surface area contributed by atoms with Crippen molar-refractivity contribution in [2.24, 2.45) is 5.92 Å². The molecule has 0 unspecified atom stereocenters. The molecule has 0 aromatic heterocycles. The molecular weight excluding hydrogens is 330 g/mol. The van der Waals surface area contributed by atoms with E-state index in [1.165, 1.54) is 7.11 Å². The third-order valence-electron chi connectivity index (χ3n) is 4.63. The van der Waals surface area contributed by atoms with E-state index in [2.05, 4.69) is 17.1 Å². The van der Waals surface area contributed by atoms with Crippen molar-refractivity contribution in [3.05, 3.63) is 29.3 Å². The lowest BCUT2D eigenvalue weighted by molar-refractivity contribution is 0.0919. The Morgan fingerprint density at radius 3 is 2.80 bits per heavy atom. The van der Waals surface area contributed by atoms with Crippen LogP contribution in [0.5, 0.6) is 5.75 Å². The van der Waals surface area contributed by atoms with Gasteiger partial charge in [0.25, 0.3) is 5.91 Å². The summed E-state index contributed by atoms with van der Waals surface area (Å²) in [7, 11) is 1.27. The van der Waals surface area contributed by atoms with Gasteiger partial charge in [-0.15, -0.1) is 0 Å². The fourth-order valence-electron chi connectivity index (χ4n) is 3.40. The zero-order valence-corrected chi connectivity index (χ0v) is 14.7. The summed E-state index contributed by atoms with van der Waals surface area (Å²) in [5.74, 6) is -2.58. The number of carbonyl (C=O) groups excluding carboxylic acids is 1. The minimum atomic E-state index is -0.984. The molecule has 140 valence electrons. The standard InChI is InChI=1S/C18H26F2N2O3/c1-3-5-12-10-22(8-4-9-23)11-14(12)21-18(24)16-13(19)6-7-15(25-2)17(16)20/h6-7,12,14,23H,3-5,8-11H2,1-2H3,(H,21,24)/t12-,14-/m1/s1. The molecule has 0 bridgehead atoms. The number of nitrogens with one attached hydrogen (secondary N) is 1. The normalized spacial score (nSPS) is 20.7. The molecule has 0 spiro atoms. The molecular formula is C18H26F2N2O3. The minimum Gasteiger partial charge on any atom is -0.494 e. The Hall–Kier alpha value is -1.73. The van der Waals surface area contributed by atoms with Crippen LogP contribution in [0.1, 0.15) is 36.5 Å². The number of carbonyl (C=O) groups is 1. The summed E-state index contributed by atoms with van der Waals surface area (Å²) < 4.78 is 33.1. The van der Waals surface area contributed by atoms with Crippen molar-refractivity contribution in [3.63, 3.8) is 0 Å². The van der Waals surface area contributed by atoms with Gasteiger partial charge < -0.3 is 20.1 Å². The summed E-state index contributed by atoms with van der Waals surface area (Å²) in [4.78, 5) is 14.6. The van der Waals surface area contributed by atoms with Gasteiger partial charge in [0.15, 0.2) is 11.6 Å². The Kier molecular flexibility index (Phi) is 7.13. The van der Waals surface area contributed by atoms with Gasteiger partial charge in [-0.05, 0) is 30.9 Å². The molecule has 1 aliphatic heterocycles. The lowest BCUT2D eigenvalue weighted by Gasteiger charge is -2.20. The molecule has 0 saturated carbocycles. The molecule has 1 saturated heterocycles. The van der Waals surface area contributed by atoms with Crippen molar-refractivity contribution in [2.75, 3.05) is 33.4 Å². The monoisotopic (exact) mass is 356 g/mol. The smallest absolute Gasteiger partial charge is 0.257 e. The fraction of sp³-hybridized carbons (Fsp3) is 0.611. The molecule has 7 heteroatoms. The third kappa shape index (κ3) is 4.67. The van der Waals surface area contributed by atoms with Gasteiger partial charge in [0.2, 0.25) is 0 Å². The first-order chi connectivity index (χ1) is 12.0. The largest absolute Gasteiger partial charge is 0.494 e. The third-order valence-corrected chi connectivity index (χ3v) is 4.63. The van der Waals surface area contributed by atoms with Gasteiger partial charge in [0, 0.05) is 32.3 Å². The second-order valence-corrected chi connectivity index (χ2v) is 6.40. The quantitative estimate of drug-likeness (QED) is 0.750. The number of hydrogen-bond acceptors (Lipinski definition) is 4. The number of amides is 1. The highest BCUT2D eigenvalue weighted by Gasteiger charge is 2.34. The first-order valence-corrected chi connectivity index (χ1v) is 8.67. The zero-order valence-electron chi connectivity index (χ0n) is 14.7. The van der Waals surface area contributed by atoms with E-state index in [9.17, 15) is 13.6 Å². The summed E-state index contributed by atoms with van der Waals surface area (Å²) in [5.41, 5.74) is -0.608. The second kappa shape index (κ2) is 9.10. The van der Waals surface area contributed by atoms with Crippen molar-refractivity contribution < 1.29 is 23.4 Å². The molecule has 1 aromatic carbocycles. The topological polar surface area (TPSA) is 61.8 Å². The van der Waals surface area contributed by atoms with Crippen LogP contribution in [-0.4, -0.2) is 55.3 Å². The van der Waals surface area contributed by atoms with Crippen LogP contribution in [0.2, 0.25) is 0 Å². The molecule has 1 amide bonds. The maximum Gasteiger partial charge on any atom is 0.257 e. The van der Waals surface area contributed by atoms with Crippen LogP contribution in [-0.2, 0) is 0 Å². The van der Waals surface area contributed by atoms with E-state index in [4.69, 9.17) is 9.84 Å². The predicted molar refractivity (Wildman–Crippen MR) is 90.7 cm³/mol. The van der Waals surface area contributed by atoms with Crippen LogP contribution in [0.15, 0.2) is 12.1 Å². The average Bonchev–Trinajstić information content (AvgIpc) is 2.95. The Morgan fingerprint density at radius 1 is 1.40 bits per heavy atom. The lowest BCUT2D eigenvalue weighted by Crippen LogP contribution is -2.41. The molecule has 0 aliphatic carbocycles. The van der Waals surface area contributed by atoms with E-state index in [0.29, 0.717) is 13.0 Å². The van der Waals surface area contributed by atoms with E-state index in [-0.39, 0.29) is 24.3 Å². The SMILES string of the molecule is CCC[C@@H]1CN(CCCO)C[C@H]1NC(=O)c1c(F)ccc(OC)c1F. The first-order valence-electron chi connectivity index (χ1n) is 8.67. The van der Waals surface area contributed by atoms with Crippen LogP contribution in [0.3, 0.4) is 0 Å². The zero-order chi connectivity index (χ0) is 18.4. The molecule has 25 heavy (non-hydrogen) atoms. The second-order valence-electron chi connectivity index (χ2n) is 6.40. The number of likely N-dealkylation sites (tertiary alicyclic amines) is 1. The molecule has 1 aliphatic rings. The van der Waals surface area contributed by atoms with Crippen molar-refractivity contribution in [1.29, 1.82) is 0 Å². The number of hydrogen-bond donors (Lipinski definition) is 2.